The summed E-state index contributed by atoms with van der Waals surface area (Å²) in [6.45, 7) is 1.09. The molecule has 19 heteroatoms. The Morgan fingerprint density at radius 1 is 0.500 bits per heavy atom. The van der Waals surface area contributed by atoms with Gasteiger partial charge in [0, 0.05) is 6.54 Å². The Balaban J connectivity index is 5.54. The van der Waals surface area contributed by atoms with Gasteiger partial charge in [-0.1, -0.05) is 64.7 Å². The van der Waals surface area contributed by atoms with Crippen LogP contribution in [0.3, 0.4) is 0 Å². The van der Waals surface area contributed by atoms with Gasteiger partial charge in [0.2, 0.25) is 0 Å². The lowest BCUT2D eigenvalue weighted by Gasteiger charge is -2.42. The molecule has 40 heavy (non-hydrogen) atoms. The van der Waals surface area contributed by atoms with Crippen LogP contribution in [-0.4, -0.2) is 59.3 Å². The van der Waals surface area contributed by atoms with E-state index < -0.39 is 59.3 Å². The average molecular weight is 648 g/mol. The van der Waals surface area contributed by atoms with Crippen molar-refractivity contribution in [1.29, 1.82) is 0 Å². The quantitative estimate of drug-likeness (QED) is 0.0845. The average Bonchev–Trinajstić information content (AvgIpc) is 2.80. The van der Waals surface area contributed by atoms with E-state index in [1.807, 2.05) is 6.92 Å². The topological polar surface area (TPSA) is 29.1 Å². The molecule has 0 aromatic carbocycles. The Hall–Kier alpha value is -1.36. The van der Waals surface area contributed by atoms with Crippen molar-refractivity contribution in [2.24, 2.45) is 0 Å². The van der Waals surface area contributed by atoms with E-state index in [2.05, 4.69) is 11.6 Å². The third-order valence-electron chi connectivity index (χ3n) is 5.82. The number of unbranched alkanes of at least 4 members (excludes halogenated alkanes) is 9. The highest BCUT2D eigenvalue weighted by molar-refractivity contribution is 6.22. The van der Waals surface area contributed by atoms with Crippen LogP contribution in [0.4, 0.5) is 70.2 Å². The molecule has 0 bridgehead atoms. The molecule has 2 nitrogen and oxygen atoms in total. The highest BCUT2D eigenvalue weighted by Crippen LogP contribution is 2.64. The second-order valence-corrected chi connectivity index (χ2v) is 9.43. The second kappa shape index (κ2) is 13.3. The zero-order valence-corrected chi connectivity index (χ0v) is 21.4. The summed E-state index contributed by atoms with van der Waals surface area (Å²) in [7, 11) is 0. The lowest BCUT2D eigenvalue weighted by Crippen LogP contribution is -2.75. The Kier molecular flexibility index (Phi) is 12.8. The number of alkyl halides is 17. The van der Waals surface area contributed by atoms with Gasteiger partial charge < -0.3 is 5.32 Å². The van der Waals surface area contributed by atoms with Crippen LogP contribution < -0.4 is 5.32 Å². The summed E-state index contributed by atoms with van der Waals surface area (Å²) >= 11 is 3.45. The maximum atomic E-state index is 13.8. The van der Waals surface area contributed by atoms with E-state index in [9.17, 15) is 75.0 Å². The normalized spacial score (nSPS) is 14.9. The summed E-state index contributed by atoms with van der Waals surface area (Å²) in [4.78, 5) is 11.4. The fourth-order valence-electron chi connectivity index (χ4n) is 3.23. The molecule has 0 heterocycles. The van der Waals surface area contributed by atoms with Gasteiger partial charge in [0.25, 0.3) is 5.91 Å². The van der Waals surface area contributed by atoms with Gasteiger partial charge in [0.1, 0.15) is 0 Å². The monoisotopic (exact) mass is 647 g/mol. The fraction of sp³-hybridized carbons (Fsp3) is 0.952. The van der Waals surface area contributed by atoms with Crippen molar-refractivity contribution in [3.05, 3.63) is 0 Å². The standard InChI is InChI=1S/C21H26ClF16NO/c1-2-3-4-5-6-7-8-9-10-11-12-39-13(40)14(23,24)15(25,26)16(27,28)17(29,30)18(31,32)19(33,34)20(35,36)21(22,37)38/h2-12H2,1H3,(H,39,40). The second-order valence-electron chi connectivity index (χ2n) is 8.96. The molecule has 0 saturated carbocycles. The summed E-state index contributed by atoms with van der Waals surface area (Å²) in [5.74, 6) is -60.0. The van der Waals surface area contributed by atoms with Gasteiger partial charge in [-0.3, -0.25) is 4.79 Å². The Bertz CT molecular complexity index is 813. The van der Waals surface area contributed by atoms with Crippen LogP contribution in [0.2, 0.25) is 0 Å². The lowest BCUT2D eigenvalue weighted by molar-refractivity contribution is -0.446. The van der Waals surface area contributed by atoms with Crippen molar-refractivity contribution < 1.29 is 75.0 Å². The molecule has 0 spiro atoms. The number of carbonyl (C=O) groups is 1. The number of amides is 1. The molecule has 0 aliphatic carbocycles. The van der Waals surface area contributed by atoms with Gasteiger partial charge in [-0.05, 0) is 18.0 Å². The molecule has 0 aromatic heterocycles. The molecule has 0 aromatic rings. The van der Waals surface area contributed by atoms with Gasteiger partial charge in [0.15, 0.2) is 0 Å². The molecule has 1 amide bonds. The first-order chi connectivity index (χ1) is 17.7. The largest absolute Gasteiger partial charge is 0.393 e. The fourth-order valence-corrected chi connectivity index (χ4v) is 3.35. The van der Waals surface area contributed by atoms with Gasteiger partial charge in [0.05, 0.1) is 0 Å². The van der Waals surface area contributed by atoms with Gasteiger partial charge in [-0.15, -0.1) is 0 Å². The molecular weight excluding hydrogens is 622 g/mol. The number of hydrogen-bond acceptors (Lipinski definition) is 1. The molecule has 0 aliphatic heterocycles. The first kappa shape index (κ1) is 38.6. The molecule has 240 valence electrons. The predicted octanol–water partition coefficient (Wildman–Crippen LogP) is 9.30. The molecule has 0 unspecified atom stereocenters. The Morgan fingerprint density at radius 2 is 0.800 bits per heavy atom. The Labute approximate surface area is 223 Å². The maximum absolute atomic E-state index is 13.8. The molecule has 0 rings (SSSR count). The van der Waals surface area contributed by atoms with Gasteiger partial charge in [-0.25, -0.2) is 0 Å². The maximum Gasteiger partial charge on any atom is 0.393 e. The molecule has 0 saturated heterocycles. The minimum atomic E-state index is -8.58. The van der Waals surface area contributed by atoms with Crippen molar-refractivity contribution in [2.75, 3.05) is 6.54 Å². The van der Waals surface area contributed by atoms with E-state index in [0.717, 1.165) is 43.8 Å². The summed E-state index contributed by atoms with van der Waals surface area (Å²) in [6.07, 6.45) is 6.77. The molecule has 0 atom stereocenters. The van der Waals surface area contributed by atoms with Crippen LogP contribution in [-0.2, 0) is 4.79 Å². The molecule has 0 radical (unpaired) electrons. The van der Waals surface area contributed by atoms with E-state index in [1.165, 1.54) is 0 Å². The number of carbonyl (C=O) groups excluding carboxylic acids is 1. The number of hydrogen-bond donors (Lipinski definition) is 1. The molecule has 0 fully saturated rings. The first-order valence-corrected chi connectivity index (χ1v) is 12.1. The third-order valence-corrected chi connectivity index (χ3v) is 6.06. The highest BCUT2D eigenvalue weighted by atomic mass is 35.5. The number of halogens is 17. The number of nitrogens with one attached hydrogen (secondary N) is 1. The van der Waals surface area contributed by atoms with Gasteiger partial charge >= 0.3 is 46.8 Å². The van der Waals surface area contributed by atoms with E-state index in [4.69, 9.17) is 0 Å². The highest BCUT2D eigenvalue weighted by Gasteiger charge is 2.95. The van der Waals surface area contributed by atoms with Crippen LogP contribution >= 0.6 is 11.6 Å². The van der Waals surface area contributed by atoms with E-state index >= 15 is 0 Å². The third kappa shape index (κ3) is 7.16. The minimum Gasteiger partial charge on any atom is -0.351 e. The lowest BCUT2D eigenvalue weighted by atomic mass is 9.89. The van der Waals surface area contributed by atoms with E-state index in [-0.39, 0.29) is 12.8 Å². The van der Waals surface area contributed by atoms with Crippen LogP contribution in [0.5, 0.6) is 0 Å². The van der Waals surface area contributed by atoms with E-state index in [0.29, 0.717) is 12.8 Å². The van der Waals surface area contributed by atoms with Crippen LogP contribution in [0.25, 0.3) is 0 Å². The molecule has 0 aliphatic rings. The van der Waals surface area contributed by atoms with Crippen LogP contribution in [0.1, 0.15) is 71.1 Å². The SMILES string of the molecule is CCCCCCCCCCCCNC(=O)C(F)(F)C(F)(F)C(F)(F)C(F)(F)C(F)(F)C(F)(F)C(F)(F)C(F)(F)Cl. The van der Waals surface area contributed by atoms with Gasteiger partial charge in [-0.2, -0.15) is 70.2 Å². The predicted molar refractivity (Wildman–Crippen MR) is 110 cm³/mol. The summed E-state index contributed by atoms with van der Waals surface area (Å²) in [6, 6.07) is 0. The summed E-state index contributed by atoms with van der Waals surface area (Å²) in [5, 5.41) is -5.87. The smallest absolute Gasteiger partial charge is 0.351 e. The van der Waals surface area contributed by atoms with Crippen LogP contribution in [0, 0.1) is 0 Å². The summed E-state index contributed by atoms with van der Waals surface area (Å²) in [5.41, 5.74) is 0. The van der Waals surface area contributed by atoms with E-state index in [1.54, 1.807) is 0 Å². The molecule has 1 N–H and O–H groups in total. The zero-order valence-electron chi connectivity index (χ0n) is 20.6. The molecular formula is C21H26ClF16NO. The first-order valence-electron chi connectivity index (χ1n) is 11.7. The van der Waals surface area contributed by atoms with Crippen molar-refractivity contribution in [1.82, 2.24) is 5.32 Å². The Morgan fingerprint density at radius 3 is 1.15 bits per heavy atom. The van der Waals surface area contributed by atoms with Crippen molar-refractivity contribution >= 4 is 17.5 Å². The zero-order chi connectivity index (χ0) is 32.1. The van der Waals surface area contributed by atoms with Crippen molar-refractivity contribution in [3.63, 3.8) is 0 Å². The minimum absolute atomic E-state index is 0.187. The van der Waals surface area contributed by atoms with Crippen LogP contribution in [0.15, 0.2) is 0 Å². The number of rotatable bonds is 19. The van der Waals surface area contributed by atoms with Crippen molar-refractivity contribution in [3.8, 4) is 0 Å². The summed E-state index contributed by atoms with van der Waals surface area (Å²) < 4.78 is 215. The van der Waals surface area contributed by atoms with Crippen molar-refractivity contribution in [2.45, 2.75) is 118 Å².